The average molecular weight is 340 g/mol. The van der Waals surface area contributed by atoms with Gasteiger partial charge in [0.1, 0.15) is 18.5 Å². The minimum Gasteiger partial charge on any atom is -0.468 e. The van der Waals surface area contributed by atoms with Crippen molar-refractivity contribution in [2.45, 2.75) is 13.0 Å². The van der Waals surface area contributed by atoms with Crippen molar-refractivity contribution in [1.82, 2.24) is 5.32 Å². The number of ether oxygens (including phenoxy) is 3. The molecule has 1 aliphatic heterocycles. The van der Waals surface area contributed by atoms with Crippen LogP contribution in [0.4, 0.5) is 14.9 Å². The zero-order valence-corrected chi connectivity index (χ0v) is 13.7. The van der Waals surface area contributed by atoms with Crippen molar-refractivity contribution in [3.63, 3.8) is 0 Å². The van der Waals surface area contributed by atoms with Crippen molar-refractivity contribution in [3.05, 3.63) is 29.6 Å². The first-order chi connectivity index (χ1) is 11.5. The van der Waals surface area contributed by atoms with Gasteiger partial charge in [0.05, 0.1) is 26.0 Å². The van der Waals surface area contributed by atoms with Gasteiger partial charge in [-0.1, -0.05) is 6.07 Å². The van der Waals surface area contributed by atoms with Gasteiger partial charge in [0.25, 0.3) is 0 Å². The third-order valence-electron chi connectivity index (χ3n) is 3.68. The Morgan fingerprint density at radius 3 is 2.71 bits per heavy atom. The number of methoxy groups -OCH3 is 1. The molecule has 7 nitrogen and oxygen atoms in total. The highest BCUT2D eigenvalue weighted by Gasteiger charge is 2.18. The lowest BCUT2D eigenvalue weighted by atomic mass is 10.1. The predicted molar refractivity (Wildman–Crippen MR) is 84.3 cm³/mol. The van der Waals surface area contributed by atoms with E-state index in [0.717, 1.165) is 0 Å². The third kappa shape index (κ3) is 4.82. The van der Waals surface area contributed by atoms with Crippen LogP contribution < -0.4 is 10.2 Å². The molecule has 0 radical (unpaired) electrons. The molecule has 0 aromatic heterocycles. The summed E-state index contributed by atoms with van der Waals surface area (Å²) in [6.07, 6.45) is -1.43. The highest BCUT2D eigenvalue weighted by atomic mass is 19.1. The van der Waals surface area contributed by atoms with E-state index in [-0.39, 0.29) is 12.4 Å². The van der Waals surface area contributed by atoms with Crippen LogP contribution in [0.2, 0.25) is 0 Å². The maximum absolute atomic E-state index is 14.3. The molecule has 1 N–H and O–H groups in total. The molecule has 1 heterocycles. The topological polar surface area (TPSA) is 77.1 Å². The number of amides is 1. The molecule has 2 rings (SSSR count). The molecule has 0 aliphatic carbocycles. The first-order valence-electron chi connectivity index (χ1n) is 7.64. The fourth-order valence-corrected chi connectivity index (χ4v) is 2.32. The van der Waals surface area contributed by atoms with Crippen LogP contribution in [0.5, 0.6) is 0 Å². The first kappa shape index (κ1) is 18.0. The Morgan fingerprint density at radius 2 is 2.08 bits per heavy atom. The van der Waals surface area contributed by atoms with Crippen LogP contribution in [0.1, 0.15) is 18.6 Å². The minimum atomic E-state index is -0.773. The van der Waals surface area contributed by atoms with Gasteiger partial charge in [0, 0.05) is 13.1 Å². The second-order valence-electron chi connectivity index (χ2n) is 5.29. The first-order valence-corrected chi connectivity index (χ1v) is 7.64. The summed E-state index contributed by atoms with van der Waals surface area (Å²) in [5.41, 5.74) is 1.03. The van der Waals surface area contributed by atoms with Gasteiger partial charge >= 0.3 is 12.1 Å². The Morgan fingerprint density at radius 1 is 1.38 bits per heavy atom. The van der Waals surface area contributed by atoms with E-state index in [1.54, 1.807) is 19.1 Å². The van der Waals surface area contributed by atoms with E-state index in [2.05, 4.69) is 10.1 Å². The summed E-state index contributed by atoms with van der Waals surface area (Å²) in [6.45, 7) is 3.76. The Balaban J connectivity index is 1.94. The monoisotopic (exact) mass is 340 g/mol. The van der Waals surface area contributed by atoms with Crippen LogP contribution in [0.3, 0.4) is 0 Å². The molecule has 8 heteroatoms. The zero-order chi connectivity index (χ0) is 17.5. The molecule has 0 saturated carbocycles. The molecule has 1 saturated heterocycles. The number of carbonyl (C=O) groups is 2. The number of nitrogens with zero attached hydrogens (tertiary/aromatic N) is 1. The van der Waals surface area contributed by atoms with E-state index in [0.29, 0.717) is 37.6 Å². The molecule has 1 unspecified atom stereocenters. The Labute approximate surface area is 139 Å². The van der Waals surface area contributed by atoms with Crippen molar-refractivity contribution in [1.29, 1.82) is 0 Å². The van der Waals surface area contributed by atoms with Gasteiger partial charge in [-0.15, -0.1) is 0 Å². The fraction of sp³-hybridized carbons (Fsp3) is 0.500. The number of benzene rings is 1. The lowest BCUT2D eigenvalue weighted by Gasteiger charge is -2.29. The summed E-state index contributed by atoms with van der Waals surface area (Å²) < 4.78 is 29.1. The molecule has 0 bridgehead atoms. The van der Waals surface area contributed by atoms with Crippen molar-refractivity contribution >= 4 is 17.7 Å². The van der Waals surface area contributed by atoms with Crippen LogP contribution in [-0.4, -0.2) is 52.0 Å². The number of halogens is 1. The lowest BCUT2D eigenvalue weighted by molar-refractivity contribution is -0.139. The van der Waals surface area contributed by atoms with Gasteiger partial charge in [-0.25, -0.2) is 9.18 Å². The van der Waals surface area contributed by atoms with Crippen molar-refractivity contribution in [2.24, 2.45) is 0 Å². The van der Waals surface area contributed by atoms with Gasteiger partial charge in [0.2, 0.25) is 0 Å². The number of morpholine rings is 1. The molecule has 24 heavy (non-hydrogen) atoms. The van der Waals surface area contributed by atoms with E-state index >= 15 is 0 Å². The summed E-state index contributed by atoms with van der Waals surface area (Å²) >= 11 is 0. The molecule has 1 fully saturated rings. The van der Waals surface area contributed by atoms with Crippen molar-refractivity contribution in [2.75, 3.05) is 44.9 Å². The number of alkyl carbamates (subject to hydrolysis) is 1. The average Bonchev–Trinajstić information content (AvgIpc) is 2.60. The SMILES string of the molecule is COC(=O)CNC(=O)OC(C)c1ccc(N2CCOCC2)c(F)c1. The molecule has 1 amide bonds. The van der Waals surface area contributed by atoms with Crippen LogP contribution in [0.15, 0.2) is 18.2 Å². The number of esters is 1. The maximum Gasteiger partial charge on any atom is 0.408 e. The molecule has 1 atom stereocenters. The minimum absolute atomic E-state index is 0.285. The number of nitrogens with one attached hydrogen (secondary N) is 1. The number of hydrogen-bond acceptors (Lipinski definition) is 6. The number of hydrogen-bond donors (Lipinski definition) is 1. The standard InChI is InChI=1S/C16H21FN2O5/c1-11(24-16(21)18-10-15(20)22-2)12-3-4-14(13(17)9-12)19-5-7-23-8-6-19/h3-4,9,11H,5-8,10H2,1-2H3,(H,18,21). The number of rotatable bonds is 5. The zero-order valence-electron chi connectivity index (χ0n) is 13.7. The molecule has 1 aromatic carbocycles. The molecule has 0 spiro atoms. The van der Waals surface area contributed by atoms with Crippen LogP contribution >= 0.6 is 0 Å². The van der Waals surface area contributed by atoms with E-state index in [1.165, 1.54) is 13.2 Å². The molecular formula is C16H21FN2O5. The lowest BCUT2D eigenvalue weighted by Crippen LogP contribution is -2.36. The van der Waals surface area contributed by atoms with Crippen molar-refractivity contribution < 1.29 is 28.2 Å². The number of carbonyl (C=O) groups excluding carboxylic acids is 2. The fourth-order valence-electron chi connectivity index (χ4n) is 2.32. The third-order valence-corrected chi connectivity index (χ3v) is 3.68. The van der Waals surface area contributed by atoms with E-state index < -0.39 is 18.2 Å². The molecule has 1 aromatic rings. The van der Waals surface area contributed by atoms with Crippen LogP contribution in [0, 0.1) is 5.82 Å². The van der Waals surface area contributed by atoms with Crippen LogP contribution in [0.25, 0.3) is 0 Å². The highest BCUT2D eigenvalue weighted by Crippen LogP contribution is 2.25. The molecule has 132 valence electrons. The summed E-state index contributed by atoms with van der Waals surface area (Å²) in [6, 6.07) is 4.73. The summed E-state index contributed by atoms with van der Waals surface area (Å²) in [5, 5.41) is 2.26. The largest absolute Gasteiger partial charge is 0.468 e. The van der Waals surface area contributed by atoms with Gasteiger partial charge in [-0.3, -0.25) is 4.79 Å². The smallest absolute Gasteiger partial charge is 0.408 e. The van der Waals surface area contributed by atoms with Gasteiger partial charge in [-0.05, 0) is 24.6 Å². The van der Waals surface area contributed by atoms with Crippen molar-refractivity contribution in [3.8, 4) is 0 Å². The normalized spacial score (nSPS) is 15.5. The second kappa shape index (κ2) is 8.49. The Kier molecular flexibility index (Phi) is 6.36. The molecule has 1 aliphatic rings. The summed E-state index contributed by atoms with van der Waals surface area (Å²) in [7, 11) is 1.22. The Bertz CT molecular complexity index is 590. The summed E-state index contributed by atoms with van der Waals surface area (Å²) in [4.78, 5) is 24.5. The molecular weight excluding hydrogens is 319 g/mol. The van der Waals surface area contributed by atoms with E-state index in [4.69, 9.17) is 9.47 Å². The van der Waals surface area contributed by atoms with Gasteiger partial charge in [-0.2, -0.15) is 0 Å². The summed E-state index contributed by atoms with van der Waals surface area (Å²) in [5.74, 6) is -0.958. The van der Waals surface area contributed by atoms with Gasteiger partial charge < -0.3 is 24.4 Å². The second-order valence-corrected chi connectivity index (χ2v) is 5.29. The Hall–Kier alpha value is -2.35. The van der Waals surface area contributed by atoms with E-state index in [9.17, 15) is 14.0 Å². The highest BCUT2D eigenvalue weighted by molar-refractivity contribution is 5.77. The van der Waals surface area contributed by atoms with Crippen LogP contribution in [-0.2, 0) is 19.0 Å². The number of anilines is 1. The maximum atomic E-state index is 14.3. The predicted octanol–water partition coefficient (Wildman–Crippen LogP) is 1.62. The van der Waals surface area contributed by atoms with E-state index in [1.807, 2.05) is 4.90 Å². The van der Waals surface area contributed by atoms with Gasteiger partial charge in [0.15, 0.2) is 0 Å². The quantitative estimate of drug-likeness (QED) is 0.821.